The molecule has 0 aliphatic carbocycles. The first-order valence-electron chi connectivity index (χ1n) is 8.70. The monoisotopic (exact) mass is 322 g/mol. The van der Waals surface area contributed by atoms with Crippen molar-refractivity contribution in [1.82, 2.24) is 10.1 Å². The van der Waals surface area contributed by atoms with Gasteiger partial charge in [-0.3, -0.25) is 0 Å². The van der Waals surface area contributed by atoms with Gasteiger partial charge in [0.1, 0.15) is 11.4 Å². The number of hydrogen-bond acceptors (Lipinski definition) is 4. The number of hydrogen-bond donors (Lipinski definition) is 0. The first-order chi connectivity index (χ1) is 11.9. The minimum atomic E-state index is 0.738. The molecule has 1 fully saturated rings. The predicted octanol–water partition coefficient (Wildman–Crippen LogP) is 4.36. The van der Waals surface area contributed by atoms with E-state index < -0.39 is 0 Å². The van der Waals surface area contributed by atoms with Crippen LogP contribution in [0.3, 0.4) is 0 Å². The van der Waals surface area contributed by atoms with Gasteiger partial charge in [0.2, 0.25) is 0 Å². The van der Waals surface area contributed by atoms with Crippen molar-refractivity contribution in [2.75, 3.05) is 26.2 Å². The second-order valence-corrected chi connectivity index (χ2v) is 6.31. The van der Waals surface area contributed by atoms with Gasteiger partial charge in [0.15, 0.2) is 5.58 Å². The molecular formula is C20H22N2O2. The molecule has 2 aromatic carbocycles. The number of rotatable bonds is 6. The van der Waals surface area contributed by atoms with Crippen molar-refractivity contribution in [2.45, 2.75) is 19.3 Å². The average molecular weight is 322 g/mol. The lowest BCUT2D eigenvalue weighted by molar-refractivity contribution is 0.263. The molecule has 0 bridgehead atoms. The maximum absolute atomic E-state index is 5.87. The lowest BCUT2D eigenvalue weighted by Gasteiger charge is -2.14. The van der Waals surface area contributed by atoms with Crippen LogP contribution in [-0.2, 0) is 0 Å². The molecule has 0 spiro atoms. The molecule has 4 heteroatoms. The van der Waals surface area contributed by atoms with E-state index in [4.69, 9.17) is 9.26 Å². The van der Waals surface area contributed by atoms with Crippen LogP contribution in [0.15, 0.2) is 53.1 Å². The molecule has 1 saturated heterocycles. The van der Waals surface area contributed by atoms with Gasteiger partial charge >= 0.3 is 0 Å². The Morgan fingerprint density at radius 1 is 1.04 bits per heavy atom. The summed E-state index contributed by atoms with van der Waals surface area (Å²) < 4.78 is 11.4. The Morgan fingerprint density at radius 3 is 2.71 bits per heavy atom. The van der Waals surface area contributed by atoms with Crippen molar-refractivity contribution >= 4 is 11.0 Å². The van der Waals surface area contributed by atoms with E-state index in [0.29, 0.717) is 0 Å². The fourth-order valence-electron chi connectivity index (χ4n) is 3.30. The van der Waals surface area contributed by atoms with Crippen molar-refractivity contribution < 1.29 is 9.26 Å². The molecule has 1 aliphatic heterocycles. The molecule has 0 unspecified atom stereocenters. The number of aromatic nitrogens is 1. The van der Waals surface area contributed by atoms with Gasteiger partial charge in [-0.05, 0) is 44.5 Å². The molecule has 0 amide bonds. The van der Waals surface area contributed by atoms with Gasteiger partial charge < -0.3 is 14.2 Å². The quantitative estimate of drug-likeness (QED) is 0.632. The standard InChI is InChI=1S/C20H22N2O2/c1-2-7-16(8-3-1)20-18-10-9-17(15-19(18)24-21-20)23-14-6-13-22-11-4-5-12-22/h1-3,7-10,15H,4-6,11-14H2. The van der Waals surface area contributed by atoms with E-state index in [2.05, 4.69) is 10.1 Å². The van der Waals surface area contributed by atoms with Gasteiger partial charge in [-0.2, -0.15) is 0 Å². The highest BCUT2D eigenvalue weighted by Crippen LogP contribution is 2.30. The van der Waals surface area contributed by atoms with E-state index in [1.807, 2.05) is 48.5 Å². The van der Waals surface area contributed by atoms with Crippen LogP contribution in [0.5, 0.6) is 5.75 Å². The van der Waals surface area contributed by atoms with E-state index in [1.54, 1.807) is 0 Å². The zero-order valence-electron chi connectivity index (χ0n) is 13.8. The lowest BCUT2D eigenvalue weighted by atomic mass is 10.1. The zero-order valence-corrected chi connectivity index (χ0v) is 13.8. The fraction of sp³-hybridized carbons (Fsp3) is 0.350. The highest BCUT2D eigenvalue weighted by Gasteiger charge is 2.12. The van der Waals surface area contributed by atoms with Crippen molar-refractivity contribution in [1.29, 1.82) is 0 Å². The van der Waals surface area contributed by atoms with E-state index in [1.165, 1.54) is 25.9 Å². The predicted molar refractivity (Wildman–Crippen MR) is 95.2 cm³/mol. The van der Waals surface area contributed by atoms with Crippen molar-refractivity contribution in [3.63, 3.8) is 0 Å². The number of nitrogens with zero attached hydrogens (tertiary/aromatic N) is 2. The van der Waals surface area contributed by atoms with Crippen molar-refractivity contribution in [3.8, 4) is 17.0 Å². The number of ether oxygens (including phenoxy) is 1. The van der Waals surface area contributed by atoms with Gasteiger partial charge in [-0.25, -0.2) is 0 Å². The zero-order chi connectivity index (χ0) is 16.2. The first kappa shape index (κ1) is 15.2. The minimum Gasteiger partial charge on any atom is -0.493 e. The molecule has 0 atom stereocenters. The Bertz CT molecular complexity index is 792. The Hall–Kier alpha value is -2.33. The number of fused-ring (bicyclic) bond motifs is 1. The molecule has 24 heavy (non-hydrogen) atoms. The summed E-state index contributed by atoms with van der Waals surface area (Å²) in [5, 5.41) is 5.24. The summed E-state index contributed by atoms with van der Waals surface area (Å²) in [6.07, 6.45) is 3.74. The summed E-state index contributed by atoms with van der Waals surface area (Å²) >= 11 is 0. The molecule has 1 aromatic heterocycles. The van der Waals surface area contributed by atoms with Crippen LogP contribution in [0.4, 0.5) is 0 Å². The normalized spacial score (nSPS) is 15.2. The van der Waals surface area contributed by atoms with Crippen LogP contribution in [0.1, 0.15) is 19.3 Å². The molecule has 0 radical (unpaired) electrons. The van der Waals surface area contributed by atoms with Gasteiger partial charge in [-0.1, -0.05) is 35.5 Å². The van der Waals surface area contributed by atoms with E-state index in [9.17, 15) is 0 Å². The third-order valence-electron chi connectivity index (χ3n) is 4.58. The van der Waals surface area contributed by atoms with Gasteiger partial charge in [0.25, 0.3) is 0 Å². The van der Waals surface area contributed by atoms with Crippen LogP contribution < -0.4 is 4.74 Å². The summed E-state index contributed by atoms with van der Waals surface area (Å²) in [7, 11) is 0. The van der Waals surface area contributed by atoms with Gasteiger partial charge in [0, 0.05) is 23.6 Å². The van der Waals surface area contributed by atoms with Crippen LogP contribution in [0.25, 0.3) is 22.2 Å². The molecular weight excluding hydrogens is 300 g/mol. The van der Waals surface area contributed by atoms with Crippen LogP contribution in [-0.4, -0.2) is 36.3 Å². The third-order valence-corrected chi connectivity index (χ3v) is 4.58. The van der Waals surface area contributed by atoms with Crippen LogP contribution in [0.2, 0.25) is 0 Å². The van der Waals surface area contributed by atoms with Crippen LogP contribution in [0, 0.1) is 0 Å². The first-order valence-corrected chi connectivity index (χ1v) is 8.70. The van der Waals surface area contributed by atoms with Gasteiger partial charge in [0.05, 0.1) is 6.61 Å². The molecule has 2 heterocycles. The minimum absolute atomic E-state index is 0.738. The Labute approximate surface area is 142 Å². The largest absolute Gasteiger partial charge is 0.493 e. The molecule has 1 aliphatic rings. The third kappa shape index (κ3) is 3.29. The summed E-state index contributed by atoms with van der Waals surface area (Å²) in [6.45, 7) is 4.35. The van der Waals surface area contributed by atoms with E-state index in [-0.39, 0.29) is 0 Å². The molecule has 4 rings (SSSR count). The summed E-state index contributed by atoms with van der Waals surface area (Å²) in [6, 6.07) is 16.1. The van der Waals surface area contributed by atoms with Crippen molar-refractivity contribution in [3.05, 3.63) is 48.5 Å². The summed E-state index contributed by atoms with van der Waals surface area (Å²) in [5.74, 6) is 0.847. The summed E-state index contributed by atoms with van der Waals surface area (Å²) in [4.78, 5) is 2.51. The van der Waals surface area contributed by atoms with Gasteiger partial charge in [-0.15, -0.1) is 0 Å². The maximum Gasteiger partial charge on any atom is 0.171 e. The molecule has 3 aromatic rings. The SMILES string of the molecule is c1ccc(-c2noc3cc(OCCCN4CCCC4)ccc23)cc1. The maximum atomic E-state index is 5.87. The number of benzene rings is 2. The number of likely N-dealkylation sites (tertiary alicyclic amines) is 1. The van der Waals surface area contributed by atoms with E-state index >= 15 is 0 Å². The van der Waals surface area contributed by atoms with E-state index in [0.717, 1.165) is 47.5 Å². The molecule has 0 N–H and O–H groups in total. The average Bonchev–Trinajstić information content (AvgIpc) is 3.29. The highest BCUT2D eigenvalue weighted by atomic mass is 16.5. The Balaban J connectivity index is 1.40. The lowest BCUT2D eigenvalue weighted by Crippen LogP contribution is -2.21. The fourth-order valence-corrected chi connectivity index (χ4v) is 3.30. The van der Waals surface area contributed by atoms with Crippen LogP contribution >= 0.6 is 0 Å². The van der Waals surface area contributed by atoms with Crippen molar-refractivity contribution in [2.24, 2.45) is 0 Å². The molecule has 0 saturated carbocycles. The smallest absolute Gasteiger partial charge is 0.171 e. The Morgan fingerprint density at radius 2 is 1.88 bits per heavy atom. The Kier molecular flexibility index (Phi) is 4.47. The molecule has 4 nitrogen and oxygen atoms in total. The summed E-state index contributed by atoms with van der Waals surface area (Å²) in [5.41, 5.74) is 2.72. The molecule has 124 valence electrons. The highest BCUT2D eigenvalue weighted by molar-refractivity contribution is 5.92. The second kappa shape index (κ2) is 7.05. The topological polar surface area (TPSA) is 38.5 Å². The second-order valence-electron chi connectivity index (χ2n) is 6.31.